The Bertz CT molecular complexity index is 1130. The zero-order chi connectivity index (χ0) is 21.4. The number of aromatic nitrogens is 2. The lowest BCUT2D eigenvalue weighted by molar-refractivity contribution is -0.121. The monoisotopic (exact) mass is 441 g/mol. The topological polar surface area (TPSA) is 61.2 Å². The van der Waals surface area contributed by atoms with Gasteiger partial charge in [0.15, 0.2) is 0 Å². The molecule has 0 atom stereocenters. The highest BCUT2D eigenvalue weighted by molar-refractivity contribution is 8.26. The highest BCUT2D eigenvalue weighted by atomic mass is 32.2. The van der Waals surface area contributed by atoms with Crippen LogP contribution in [0.4, 0.5) is 5.82 Å². The van der Waals surface area contributed by atoms with Gasteiger partial charge in [0, 0.05) is 38.9 Å². The smallest absolute Gasteiger partial charge is 0.267 e. The average Bonchev–Trinajstić information content (AvgIpc) is 2.99. The summed E-state index contributed by atoms with van der Waals surface area (Å²) in [6.07, 6.45) is 5.00. The van der Waals surface area contributed by atoms with Crippen molar-refractivity contribution >= 4 is 51.7 Å². The molecule has 1 amide bonds. The number of likely N-dealkylation sites (N-methyl/N-ethyl adjacent to an activating group) is 1. The molecule has 2 aliphatic rings. The number of fused-ring (bicyclic) bond motifs is 1. The van der Waals surface area contributed by atoms with Gasteiger partial charge in [0.2, 0.25) is 0 Å². The van der Waals surface area contributed by atoms with E-state index in [9.17, 15) is 9.59 Å². The van der Waals surface area contributed by atoms with Gasteiger partial charge in [-0.05, 0) is 31.7 Å². The number of thiocarbonyl (C=S) groups is 1. The molecule has 0 bridgehead atoms. The highest BCUT2D eigenvalue weighted by Crippen LogP contribution is 2.33. The van der Waals surface area contributed by atoms with Gasteiger partial charge in [-0.3, -0.25) is 18.9 Å². The second kappa shape index (κ2) is 8.33. The van der Waals surface area contributed by atoms with Crippen LogP contribution in [0, 0.1) is 6.92 Å². The fraction of sp³-hybridized carbons (Fsp3) is 0.333. The number of nitrogens with zero attached hydrogens (tertiary/aromatic N) is 5. The van der Waals surface area contributed by atoms with Crippen LogP contribution in [0.15, 0.2) is 40.7 Å². The van der Waals surface area contributed by atoms with Crippen LogP contribution in [-0.4, -0.2) is 69.2 Å². The molecule has 0 aliphatic carbocycles. The largest absolute Gasteiger partial charge is 0.353 e. The molecule has 2 aliphatic heterocycles. The molecular weight excluding hydrogens is 418 g/mol. The summed E-state index contributed by atoms with van der Waals surface area (Å²) in [5.41, 5.74) is 1.79. The van der Waals surface area contributed by atoms with Gasteiger partial charge in [0.25, 0.3) is 11.5 Å². The Morgan fingerprint density at radius 2 is 2.00 bits per heavy atom. The second-order valence-electron chi connectivity index (χ2n) is 7.41. The predicted molar refractivity (Wildman–Crippen MR) is 126 cm³/mol. The van der Waals surface area contributed by atoms with E-state index >= 15 is 0 Å². The van der Waals surface area contributed by atoms with Gasteiger partial charge in [0.1, 0.15) is 15.8 Å². The zero-order valence-corrected chi connectivity index (χ0v) is 18.6. The van der Waals surface area contributed by atoms with Crippen LogP contribution in [0.3, 0.4) is 0 Å². The van der Waals surface area contributed by atoms with Gasteiger partial charge in [-0.1, -0.05) is 36.1 Å². The molecule has 30 heavy (non-hydrogen) atoms. The summed E-state index contributed by atoms with van der Waals surface area (Å²) in [7, 11) is 2.08. The Hall–Kier alpha value is -2.49. The van der Waals surface area contributed by atoms with Crippen molar-refractivity contribution in [3.63, 3.8) is 0 Å². The standard InChI is InChI=1S/C21H23N5O2S2/c1-4-7-26-20(28)16(30-21(26)29)13-15-18(24-11-9-23(3)10-12-24)22-17-14(2)6-5-8-25(17)19(15)27/h4-6,8,13H,1,7,9-12H2,2-3H3/b16-13-. The van der Waals surface area contributed by atoms with Crippen molar-refractivity contribution in [1.82, 2.24) is 19.2 Å². The summed E-state index contributed by atoms with van der Waals surface area (Å²) in [4.78, 5) is 37.4. The quantitative estimate of drug-likeness (QED) is 0.409. The van der Waals surface area contributed by atoms with Crippen LogP contribution >= 0.6 is 24.0 Å². The summed E-state index contributed by atoms with van der Waals surface area (Å²) in [5.74, 6) is 0.416. The molecule has 0 saturated carbocycles. The molecule has 0 spiro atoms. The van der Waals surface area contributed by atoms with Crippen LogP contribution < -0.4 is 10.5 Å². The molecule has 4 heterocycles. The minimum atomic E-state index is -0.206. The number of carbonyl (C=O) groups excluding carboxylic acids is 1. The molecule has 7 nitrogen and oxygen atoms in total. The summed E-state index contributed by atoms with van der Waals surface area (Å²) < 4.78 is 2.02. The normalized spacial score (nSPS) is 19.3. The van der Waals surface area contributed by atoms with Gasteiger partial charge in [-0.2, -0.15) is 0 Å². The van der Waals surface area contributed by atoms with Crippen molar-refractivity contribution in [3.8, 4) is 0 Å². The molecule has 2 fully saturated rings. The number of carbonyl (C=O) groups is 1. The van der Waals surface area contributed by atoms with Gasteiger partial charge >= 0.3 is 0 Å². The molecule has 0 aromatic carbocycles. The second-order valence-corrected chi connectivity index (χ2v) is 9.09. The maximum Gasteiger partial charge on any atom is 0.267 e. The third-order valence-corrected chi connectivity index (χ3v) is 6.71. The fourth-order valence-electron chi connectivity index (χ4n) is 3.60. The third kappa shape index (κ3) is 3.68. The summed E-state index contributed by atoms with van der Waals surface area (Å²) >= 11 is 6.55. The van der Waals surface area contributed by atoms with Crippen molar-refractivity contribution in [2.75, 3.05) is 44.7 Å². The van der Waals surface area contributed by atoms with Crippen molar-refractivity contribution in [1.29, 1.82) is 0 Å². The van der Waals surface area contributed by atoms with Gasteiger partial charge < -0.3 is 9.80 Å². The first-order valence-electron chi connectivity index (χ1n) is 9.72. The SMILES string of the molecule is C=CCN1C(=O)/C(=C/c2c(N3CCN(C)CC3)nc3c(C)cccn3c2=O)SC1=S. The van der Waals surface area contributed by atoms with E-state index < -0.39 is 0 Å². The van der Waals surface area contributed by atoms with Gasteiger partial charge in [0.05, 0.1) is 10.5 Å². The highest BCUT2D eigenvalue weighted by Gasteiger charge is 2.32. The Morgan fingerprint density at radius 3 is 2.70 bits per heavy atom. The molecule has 0 radical (unpaired) electrons. The first-order chi connectivity index (χ1) is 14.4. The van der Waals surface area contributed by atoms with Crippen LogP contribution in [0.5, 0.6) is 0 Å². The van der Waals surface area contributed by atoms with E-state index in [4.69, 9.17) is 17.2 Å². The van der Waals surface area contributed by atoms with E-state index in [0.717, 1.165) is 31.7 Å². The predicted octanol–water partition coefficient (Wildman–Crippen LogP) is 2.14. The molecule has 0 unspecified atom stereocenters. The summed E-state index contributed by atoms with van der Waals surface area (Å²) in [5, 5.41) is 0. The number of piperazine rings is 1. The lowest BCUT2D eigenvalue weighted by Crippen LogP contribution is -2.45. The number of rotatable bonds is 4. The van der Waals surface area contributed by atoms with Crippen LogP contribution in [0.2, 0.25) is 0 Å². The first kappa shape index (κ1) is 20.8. The van der Waals surface area contributed by atoms with Crippen molar-refractivity contribution in [2.45, 2.75) is 6.92 Å². The lowest BCUT2D eigenvalue weighted by atomic mass is 10.2. The molecule has 9 heteroatoms. The van der Waals surface area contributed by atoms with E-state index in [-0.39, 0.29) is 11.5 Å². The third-order valence-electron chi connectivity index (χ3n) is 5.33. The minimum absolute atomic E-state index is 0.188. The average molecular weight is 442 g/mol. The molecule has 0 N–H and O–H groups in total. The Morgan fingerprint density at radius 1 is 1.27 bits per heavy atom. The molecular formula is C21H23N5O2S2. The maximum absolute atomic E-state index is 13.4. The van der Waals surface area contributed by atoms with Gasteiger partial charge in [-0.15, -0.1) is 6.58 Å². The first-order valence-corrected chi connectivity index (χ1v) is 10.9. The molecule has 2 aromatic rings. The number of amides is 1. The molecule has 4 rings (SSSR count). The number of thioether (sulfide) groups is 1. The number of hydrogen-bond donors (Lipinski definition) is 0. The van der Waals surface area contributed by atoms with Crippen LogP contribution in [0.1, 0.15) is 11.1 Å². The molecule has 156 valence electrons. The van der Waals surface area contributed by atoms with E-state index in [1.165, 1.54) is 16.7 Å². The Balaban J connectivity index is 1.88. The van der Waals surface area contributed by atoms with Gasteiger partial charge in [-0.25, -0.2) is 4.98 Å². The van der Waals surface area contributed by atoms with Crippen molar-refractivity contribution in [2.24, 2.45) is 0 Å². The van der Waals surface area contributed by atoms with E-state index in [1.807, 2.05) is 19.1 Å². The molecule has 2 aromatic heterocycles. The van der Waals surface area contributed by atoms with Crippen molar-refractivity contribution in [3.05, 3.63) is 57.4 Å². The van der Waals surface area contributed by atoms with Crippen molar-refractivity contribution < 1.29 is 4.79 Å². The van der Waals surface area contributed by atoms with Crippen LogP contribution in [0.25, 0.3) is 11.7 Å². The maximum atomic E-state index is 13.4. The molecule has 2 saturated heterocycles. The number of anilines is 1. The number of pyridine rings is 1. The number of aryl methyl sites for hydroxylation is 1. The summed E-state index contributed by atoms with van der Waals surface area (Å²) in [6.45, 7) is 9.28. The summed E-state index contributed by atoms with van der Waals surface area (Å²) in [6, 6.07) is 3.77. The number of hydrogen-bond acceptors (Lipinski definition) is 7. The van der Waals surface area contributed by atoms with E-state index in [0.29, 0.717) is 32.8 Å². The van der Waals surface area contributed by atoms with Crippen LogP contribution in [-0.2, 0) is 4.79 Å². The zero-order valence-electron chi connectivity index (χ0n) is 17.0. The fourth-order valence-corrected chi connectivity index (χ4v) is 4.86. The lowest BCUT2D eigenvalue weighted by Gasteiger charge is -2.34. The Labute approximate surface area is 184 Å². The minimum Gasteiger partial charge on any atom is -0.353 e. The Kier molecular flexibility index (Phi) is 5.77. The van der Waals surface area contributed by atoms with E-state index in [1.54, 1.807) is 22.7 Å². The van der Waals surface area contributed by atoms with E-state index in [2.05, 4.69) is 23.4 Å².